The summed E-state index contributed by atoms with van der Waals surface area (Å²) in [7, 11) is 1.39. The van der Waals surface area contributed by atoms with Gasteiger partial charge in [0.1, 0.15) is 5.54 Å². The third-order valence-electron chi connectivity index (χ3n) is 3.20. The summed E-state index contributed by atoms with van der Waals surface area (Å²) in [5, 5.41) is 10.3. The highest BCUT2D eigenvalue weighted by Gasteiger charge is 2.28. The van der Waals surface area contributed by atoms with Gasteiger partial charge in [0.2, 0.25) is 0 Å². The van der Waals surface area contributed by atoms with Crippen LogP contribution in [-0.4, -0.2) is 28.8 Å². The first kappa shape index (κ1) is 14.3. The van der Waals surface area contributed by atoms with Gasteiger partial charge in [-0.25, -0.2) is 0 Å². The van der Waals surface area contributed by atoms with Crippen LogP contribution in [0, 0.1) is 0 Å². The fourth-order valence-electron chi connectivity index (χ4n) is 1.94. The molecule has 106 valence electrons. The highest BCUT2D eigenvalue weighted by atomic mass is 16.5. The summed E-state index contributed by atoms with van der Waals surface area (Å²) in [5.74, 6) is -0.290. The van der Waals surface area contributed by atoms with Crippen molar-refractivity contribution in [2.75, 3.05) is 7.11 Å². The van der Waals surface area contributed by atoms with Crippen molar-refractivity contribution in [2.24, 2.45) is 0 Å². The number of aromatic nitrogens is 2. The molecule has 1 heterocycles. The normalized spacial score (nSPS) is 11.3. The van der Waals surface area contributed by atoms with Crippen LogP contribution in [0.2, 0.25) is 0 Å². The van der Waals surface area contributed by atoms with Gasteiger partial charge in [-0.3, -0.25) is 15.2 Å². The number of carbonyl (C=O) groups is 1. The van der Waals surface area contributed by atoms with Gasteiger partial charge in [-0.1, -0.05) is 30.3 Å². The molecule has 0 amide bonds. The first-order valence-electron chi connectivity index (χ1n) is 6.45. The minimum Gasteiger partial charge on any atom is -0.468 e. The van der Waals surface area contributed by atoms with E-state index in [0.717, 1.165) is 16.8 Å². The zero-order valence-corrected chi connectivity index (χ0v) is 11.9. The van der Waals surface area contributed by atoms with Gasteiger partial charge in [0.25, 0.3) is 0 Å². The number of nitrogens with zero attached hydrogens (tertiary/aromatic N) is 1. The Hall–Kier alpha value is -2.14. The molecule has 0 saturated carbocycles. The highest BCUT2D eigenvalue weighted by Crippen LogP contribution is 2.21. The predicted octanol–water partition coefficient (Wildman–Crippen LogP) is 2.12. The van der Waals surface area contributed by atoms with Gasteiger partial charge in [-0.05, 0) is 19.4 Å². The maximum absolute atomic E-state index is 11.6. The lowest BCUT2D eigenvalue weighted by molar-refractivity contribution is -0.147. The molecular formula is C15H19N3O2. The van der Waals surface area contributed by atoms with E-state index in [1.807, 2.05) is 30.3 Å². The van der Waals surface area contributed by atoms with Crippen LogP contribution < -0.4 is 5.32 Å². The number of rotatable bonds is 5. The molecule has 0 fully saturated rings. The molecule has 0 aliphatic carbocycles. The predicted molar refractivity (Wildman–Crippen MR) is 77.0 cm³/mol. The molecule has 0 radical (unpaired) electrons. The Kier molecular flexibility index (Phi) is 4.20. The minimum atomic E-state index is -0.736. The maximum atomic E-state index is 11.6. The Bertz CT molecular complexity index is 576. The molecule has 2 rings (SSSR count). The van der Waals surface area contributed by atoms with Crippen LogP contribution in [0.5, 0.6) is 0 Å². The number of nitrogens with one attached hydrogen (secondary N) is 2. The Morgan fingerprint density at radius 3 is 2.70 bits per heavy atom. The molecule has 0 aliphatic rings. The molecule has 0 atom stereocenters. The first-order chi connectivity index (χ1) is 9.54. The standard InChI is InChI=1S/C15H19N3O2/c1-15(2,14(19)20-3)16-9-12-10-17-18-13(12)11-7-5-4-6-8-11/h4-8,10,16H,9H2,1-3H3,(H,17,18). The summed E-state index contributed by atoms with van der Waals surface area (Å²) in [6, 6.07) is 9.96. The van der Waals surface area contributed by atoms with Crippen LogP contribution in [0.1, 0.15) is 19.4 Å². The first-order valence-corrected chi connectivity index (χ1v) is 6.45. The molecule has 20 heavy (non-hydrogen) atoms. The number of aromatic amines is 1. The van der Waals surface area contributed by atoms with E-state index in [1.54, 1.807) is 20.0 Å². The van der Waals surface area contributed by atoms with E-state index in [1.165, 1.54) is 7.11 Å². The third-order valence-corrected chi connectivity index (χ3v) is 3.20. The SMILES string of the molecule is COC(=O)C(C)(C)NCc1cn[nH]c1-c1ccccc1. The number of methoxy groups -OCH3 is 1. The van der Waals surface area contributed by atoms with Crippen LogP contribution >= 0.6 is 0 Å². The fraction of sp³-hybridized carbons (Fsp3) is 0.333. The molecule has 2 aromatic rings. The van der Waals surface area contributed by atoms with Crippen molar-refractivity contribution in [3.05, 3.63) is 42.1 Å². The summed E-state index contributed by atoms with van der Waals surface area (Å²) in [6.07, 6.45) is 1.77. The van der Waals surface area contributed by atoms with Gasteiger partial charge in [0.05, 0.1) is 19.0 Å². The number of H-pyrrole nitrogens is 1. The maximum Gasteiger partial charge on any atom is 0.325 e. The van der Waals surface area contributed by atoms with Gasteiger partial charge in [-0.15, -0.1) is 0 Å². The van der Waals surface area contributed by atoms with Crippen LogP contribution in [0.4, 0.5) is 0 Å². The molecule has 1 aromatic carbocycles. The molecule has 0 unspecified atom stereocenters. The molecule has 0 aliphatic heterocycles. The Morgan fingerprint density at radius 1 is 1.35 bits per heavy atom. The topological polar surface area (TPSA) is 67.0 Å². The van der Waals surface area contributed by atoms with Crippen LogP contribution in [-0.2, 0) is 16.1 Å². The van der Waals surface area contributed by atoms with Crippen LogP contribution in [0.3, 0.4) is 0 Å². The number of hydrogen-bond donors (Lipinski definition) is 2. The van der Waals surface area contributed by atoms with Crippen molar-refractivity contribution < 1.29 is 9.53 Å². The van der Waals surface area contributed by atoms with E-state index in [0.29, 0.717) is 6.54 Å². The second-order valence-electron chi connectivity index (χ2n) is 5.11. The lowest BCUT2D eigenvalue weighted by Crippen LogP contribution is -2.46. The summed E-state index contributed by atoms with van der Waals surface area (Å²) >= 11 is 0. The van der Waals surface area contributed by atoms with Gasteiger partial charge in [0.15, 0.2) is 0 Å². The molecule has 2 N–H and O–H groups in total. The molecule has 0 spiro atoms. The Labute approximate surface area is 118 Å². The number of ether oxygens (including phenoxy) is 1. The van der Waals surface area contributed by atoms with Crippen molar-refractivity contribution in [2.45, 2.75) is 25.9 Å². The van der Waals surface area contributed by atoms with Crippen LogP contribution in [0.25, 0.3) is 11.3 Å². The van der Waals surface area contributed by atoms with E-state index >= 15 is 0 Å². The van der Waals surface area contributed by atoms with Crippen molar-refractivity contribution >= 4 is 5.97 Å². The van der Waals surface area contributed by atoms with Gasteiger partial charge < -0.3 is 4.74 Å². The van der Waals surface area contributed by atoms with Crippen molar-refractivity contribution in [3.8, 4) is 11.3 Å². The minimum absolute atomic E-state index is 0.290. The lowest BCUT2D eigenvalue weighted by atomic mass is 10.0. The van der Waals surface area contributed by atoms with E-state index < -0.39 is 5.54 Å². The molecule has 5 nitrogen and oxygen atoms in total. The van der Waals surface area contributed by atoms with E-state index in [9.17, 15) is 4.79 Å². The second-order valence-corrected chi connectivity index (χ2v) is 5.11. The quantitative estimate of drug-likeness (QED) is 0.819. The van der Waals surface area contributed by atoms with Crippen molar-refractivity contribution in [1.29, 1.82) is 0 Å². The summed E-state index contributed by atoms with van der Waals surface area (Å²) in [5.41, 5.74) is 2.30. The Morgan fingerprint density at radius 2 is 2.05 bits per heavy atom. The van der Waals surface area contributed by atoms with Gasteiger partial charge in [0, 0.05) is 12.1 Å². The molecular weight excluding hydrogens is 254 g/mol. The largest absolute Gasteiger partial charge is 0.468 e. The highest BCUT2D eigenvalue weighted by molar-refractivity contribution is 5.79. The number of hydrogen-bond acceptors (Lipinski definition) is 4. The van der Waals surface area contributed by atoms with E-state index in [-0.39, 0.29) is 5.97 Å². The van der Waals surface area contributed by atoms with E-state index in [4.69, 9.17) is 4.74 Å². The fourth-order valence-corrected chi connectivity index (χ4v) is 1.94. The van der Waals surface area contributed by atoms with E-state index in [2.05, 4.69) is 15.5 Å². The molecule has 5 heteroatoms. The Balaban J connectivity index is 2.13. The monoisotopic (exact) mass is 273 g/mol. The average molecular weight is 273 g/mol. The van der Waals surface area contributed by atoms with Crippen molar-refractivity contribution in [1.82, 2.24) is 15.5 Å². The van der Waals surface area contributed by atoms with Gasteiger partial charge in [-0.2, -0.15) is 5.10 Å². The summed E-state index contributed by atoms with van der Waals surface area (Å²) in [4.78, 5) is 11.6. The number of benzene rings is 1. The van der Waals surface area contributed by atoms with Crippen molar-refractivity contribution in [3.63, 3.8) is 0 Å². The lowest BCUT2D eigenvalue weighted by Gasteiger charge is -2.23. The number of carbonyl (C=O) groups excluding carboxylic acids is 1. The molecule has 0 bridgehead atoms. The second kappa shape index (κ2) is 5.88. The zero-order chi connectivity index (χ0) is 14.6. The summed E-state index contributed by atoms with van der Waals surface area (Å²) in [6.45, 7) is 4.12. The molecule has 0 saturated heterocycles. The zero-order valence-electron chi connectivity index (χ0n) is 11.9. The average Bonchev–Trinajstić information content (AvgIpc) is 2.93. The number of esters is 1. The third kappa shape index (κ3) is 3.05. The summed E-state index contributed by atoms with van der Waals surface area (Å²) < 4.78 is 4.77. The molecule has 1 aromatic heterocycles. The van der Waals surface area contributed by atoms with Crippen LogP contribution in [0.15, 0.2) is 36.5 Å². The van der Waals surface area contributed by atoms with Gasteiger partial charge >= 0.3 is 5.97 Å². The smallest absolute Gasteiger partial charge is 0.325 e.